The fraction of sp³-hybridized carbons (Fsp3) is 0.118. The van der Waals surface area contributed by atoms with Crippen molar-refractivity contribution in [3.8, 4) is 0 Å². The number of para-hydroxylation sites is 1. The first-order valence-electron chi connectivity index (χ1n) is 6.31. The Labute approximate surface area is 111 Å². The molecule has 0 saturated carbocycles. The molecule has 2 aromatic carbocycles. The van der Waals surface area contributed by atoms with Crippen LogP contribution in [0.15, 0.2) is 63.8 Å². The highest BCUT2D eigenvalue weighted by Gasteiger charge is 2.11. The van der Waals surface area contributed by atoms with Crippen LogP contribution in [0.1, 0.15) is 16.7 Å². The Bertz CT molecular complexity index is 770. The normalized spacial score (nSPS) is 10.8. The van der Waals surface area contributed by atoms with E-state index in [4.69, 9.17) is 4.42 Å². The lowest BCUT2D eigenvalue weighted by Crippen LogP contribution is -2.10. The average molecular weight is 250 g/mol. The summed E-state index contributed by atoms with van der Waals surface area (Å²) in [6.45, 7) is 1.98. The molecule has 94 valence electrons. The monoisotopic (exact) mass is 250 g/mol. The highest BCUT2D eigenvalue weighted by Crippen LogP contribution is 2.20. The summed E-state index contributed by atoms with van der Waals surface area (Å²) in [6, 6.07) is 17.6. The van der Waals surface area contributed by atoms with Crippen molar-refractivity contribution < 1.29 is 4.42 Å². The molecule has 0 aliphatic rings. The summed E-state index contributed by atoms with van der Waals surface area (Å²) in [4.78, 5) is 12.1. The van der Waals surface area contributed by atoms with Crippen molar-refractivity contribution in [3.05, 3.63) is 81.7 Å². The molecule has 0 atom stereocenters. The van der Waals surface area contributed by atoms with Gasteiger partial charge in [-0.25, -0.2) is 4.79 Å². The molecule has 0 saturated heterocycles. The standard InChI is InChI=1S/C17H14O2/c1-12-14-9-5-6-10-16(14)19-17(18)15(12)11-13-7-3-2-4-8-13/h2-10H,11H2,1H3. The molecule has 2 heteroatoms. The van der Waals surface area contributed by atoms with E-state index < -0.39 is 0 Å². The highest BCUT2D eigenvalue weighted by atomic mass is 16.4. The Hall–Kier alpha value is -2.35. The first kappa shape index (κ1) is 11.7. The third-order valence-corrected chi connectivity index (χ3v) is 3.42. The van der Waals surface area contributed by atoms with Gasteiger partial charge in [0.2, 0.25) is 0 Å². The van der Waals surface area contributed by atoms with Gasteiger partial charge in [0, 0.05) is 17.4 Å². The van der Waals surface area contributed by atoms with Gasteiger partial charge in [-0.1, -0.05) is 48.5 Å². The second-order valence-corrected chi connectivity index (χ2v) is 4.65. The van der Waals surface area contributed by atoms with Crippen LogP contribution in [0.2, 0.25) is 0 Å². The van der Waals surface area contributed by atoms with Crippen LogP contribution in [-0.4, -0.2) is 0 Å². The fourth-order valence-corrected chi connectivity index (χ4v) is 2.35. The fourth-order valence-electron chi connectivity index (χ4n) is 2.35. The van der Waals surface area contributed by atoms with E-state index in [0.717, 1.165) is 22.1 Å². The summed E-state index contributed by atoms with van der Waals surface area (Å²) in [6.07, 6.45) is 0.611. The molecule has 0 amide bonds. The van der Waals surface area contributed by atoms with Crippen molar-refractivity contribution in [2.24, 2.45) is 0 Å². The Balaban J connectivity index is 2.16. The lowest BCUT2D eigenvalue weighted by atomic mass is 10.00. The zero-order chi connectivity index (χ0) is 13.2. The predicted molar refractivity (Wildman–Crippen MR) is 76.5 cm³/mol. The Morgan fingerprint density at radius 2 is 1.63 bits per heavy atom. The Morgan fingerprint density at radius 3 is 2.42 bits per heavy atom. The first-order chi connectivity index (χ1) is 9.25. The molecule has 0 unspecified atom stereocenters. The molecular weight excluding hydrogens is 236 g/mol. The maximum Gasteiger partial charge on any atom is 0.340 e. The molecule has 0 aliphatic heterocycles. The van der Waals surface area contributed by atoms with Gasteiger partial charge in [0.15, 0.2) is 0 Å². The van der Waals surface area contributed by atoms with Gasteiger partial charge in [-0.2, -0.15) is 0 Å². The van der Waals surface area contributed by atoms with E-state index in [2.05, 4.69) is 0 Å². The predicted octanol–water partition coefficient (Wildman–Crippen LogP) is 3.69. The van der Waals surface area contributed by atoms with Crippen LogP contribution in [0, 0.1) is 6.92 Å². The van der Waals surface area contributed by atoms with E-state index in [1.807, 2.05) is 61.5 Å². The molecule has 1 heterocycles. The van der Waals surface area contributed by atoms with Gasteiger partial charge < -0.3 is 4.42 Å². The summed E-state index contributed by atoms with van der Waals surface area (Å²) >= 11 is 0. The van der Waals surface area contributed by atoms with Crippen LogP contribution in [-0.2, 0) is 6.42 Å². The van der Waals surface area contributed by atoms with Crippen molar-refractivity contribution in [1.82, 2.24) is 0 Å². The van der Waals surface area contributed by atoms with Gasteiger partial charge in [-0.3, -0.25) is 0 Å². The minimum Gasteiger partial charge on any atom is -0.423 e. The van der Waals surface area contributed by atoms with E-state index in [1.165, 1.54) is 0 Å². The van der Waals surface area contributed by atoms with E-state index >= 15 is 0 Å². The van der Waals surface area contributed by atoms with Crippen molar-refractivity contribution in [3.63, 3.8) is 0 Å². The summed E-state index contributed by atoms with van der Waals surface area (Å²) in [7, 11) is 0. The zero-order valence-electron chi connectivity index (χ0n) is 10.7. The molecular formula is C17H14O2. The van der Waals surface area contributed by atoms with Gasteiger partial charge in [0.25, 0.3) is 0 Å². The molecule has 0 spiro atoms. The van der Waals surface area contributed by atoms with Gasteiger partial charge >= 0.3 is 5.63 Å². The minimum absolute atomic E-state index is 0.236. The van der Waals surface area contributed by atoms with E-state index in [1.54, 1.807) is 0 Å². The molecule has 0 aliphatic carbocycles. The van der Waals surface area contributed by atoms with Crippen LogP contribution < -0.4 is 5.63 Å². The molecule has 19 heavy (non-hydrogen) atoms. The molecule has 3 rings (SSSR count). The van der Waals surface area contributed by atoms with E-state index in [0.29, 0.717) is 12.0 Å². The number of hydrogen-bond donors (Lipinski definition) is 0. The van der Waals surface area contributed by atoms with Crippen molar-refractivity contribution >= 4 is 11.0 Å². The summed E-state index contributed by atoms with van der Waals surface area (Å²) < 4.78 is 5.39. The lowest BCUT2D eigenvalue weighted by Gasteiger charge is -2.07. The third kappa shape index (κ3) is 2.17. The molecule has 0 bridgehead atoms. The zero-order valence-corrected chi connectivity index (χ0v) is 10.7. The van der Waals surface area contributed by atoms with Gasteiger partial charge in [0.05, 0.1) is 0 Å². The van der Waals surface area contributed by atoms with Crippen LogP contribution in [0.25, 0.3) is 11.0 Å². The van der Waals surface area contributed by atoms with Gasteiger partial charge in [0.1, 0.15) is 5.58 Å². The third-order valence-electron chi connectivity index (χ3n) is 3.42. The summed E-state index contributed by atoms with van der Waals surface area (Å²) in [5.41, 5.74) is 3.29. The molecule has 3 aromatic rings. The SMILES string of the molecule is Cc1c(Cc2ccccc2)c(=O)oc2ccccc12. The van der Waals surface area contributed by atoms with Crippen molar-refractivity contribution in [2.45, 2.75) is 13.3 Å². The second kappa shape index (κ2) is 4.73. The number of fused-ring (bicyclic) bond motifs is 1. The number of hydrogen-bond acceptors (Lipinski definition) is 2. The highest BCUT2D eigenvalue weighted by molar-refractivity contribution is 5.80. The van der Waals surface area contributed by atoms with Crippen molar-refractivity contribution in [2.75, 3.05) is 0 Å². The number of benzene rings is 2. The first-order valence-corrected chi connectivity index (χ1v) is 6.31. The van der Waals surface area contributed by atoms with Gasteiger partial charge in [-0.15, -0.1) is 0 Å². The summed E-state index contributed by atoms with van der Waals surface area (Å²) in [5, 5.41) is 1.01. The minimum atomic E-state index is -0.236. The van der Waals surface area contributed by atoms with Crippen LogP contribution >= 0.6 is 0 Å². The van der Waals surface area contributed by atoms with E-state index in [9.17, 15) is 4.79 Å². The topological polar surface area (TPSA) is 30.2 Å². The Morgan fingerprint density at radius 1 is 0.947 bits per heavy atom. The van der Waals surface area contributed by atoms with Crippen LogP contribution in [0.4, 0.5) is 0 Å². The Kier molecular flexibility index (Phi) is 2.92. The largest absolute Gasteiger partial charge is 0.423 e. The summed E-state index contributed by atoms with van der Waals surface area (Å²) in [5.74, 6) is 0. The molecule has 0 N–H and O–H groups in total. The number of rotatable bonds is 2. The maximum absolute atomic E-state index is 12.1. The molecule has 0 radical (unpaired) electrons. The second-order valence-electron chi connectivity index (χ2n) is 4.65. The quantitative estimate of drug-likeness (QED) is 0.649. The molecule has 0 fully saturated rings. The average Bonchev–Trinajstić information content (AvgIpc) is 2.45. The smallest absolute Gasteiger partial charge is 0.340 e. The van der Waals surface area contributed by atoms with Gasteiger partial charge in [-0.05, 0) is 24.1 Å². The van der Waals surface area contributed by atoms with Crippen molar-refractivity contribution in [1.29, 1.82) is 0 Å². The van der Waals surface area contributed by atoms with E-state index in [-0.39, 0.29) is 5.63 Å². The lowest BCUT2D eigenvalue weighted by molar-refractivity contribution is 0.551. The van der Waals surface area contributed by atoms with Crippen LogP contribution in [0.3, 0.4) is 0 Å². The van der Waals surface area contributed by atoms with Crippen LogP contribution in [0.5, 0.6) is 0 Å². The number of aryl methyl sites for hydroxylation is 1. The molecule has 1 aromatic heterocycles. The maximum atomic E-state index is 12.1. The molecule has 2 nitrogen and oxygen atoms in total.